The third kappa shape index (κ3) is 3.82. The van der Waals surface area contributed by atoms with Crippen LogP contribution in [0.2, 0.25) is 0 Å². The van der Waals surface area contributed by atoms with Crippen LogP contribution in [-0.2, 0) is 17.8 Å². The Labute approximate surface area is 170 Å². The van der Waals surface area contributed by atoms with Gasteiger partial charge in [-0.3, -0.25) is 4.79 Å². The first-order chi connectivity index (χ1) is 14.1. The highest BCUT2D eigenvalue weighted by Crippen LogP contribution is 2.32. The maximum Gasteiger partial charge on any atom is 0.227 e. The lowest BCUT2D eigenvalue weighted by atomic mass is 10.0. The van der Waals surface area contributed by atoms with Crippen LogP contribution in [0.15, 0.2) is 36.5 Å². The van der Waals surface area contributed by atoms with E-state index in [4.69, 9.17) is 15.6 Å². The number of carbonyl (C=O) groups excluding carboxylic acids is 1. The molecule has 1 saturated heterocycles. The highest BCUT2D eigenvalue weighted by atomic mass is 16.5. The summed E-state index contributed by atoms with van der Waals surface area (Å²) in [7, 11) is 1.64. The summed E-state index contributed by atoms with van der Waals surface area (Å²) in [5.74, 6) is 1.10. The topological polar surface area (TPSA) is 86.3 Å². The fraction of sp³-hybridized carbons (Fsp3) is 0.409. The van der Waals surface area contributed by atoms with E-state index in [1.807, 2.05) is 40.8 Å². The molecule has 3 heterocycles. The highest BCUT2D eigenvalue weighted by Gasteiger charge is 2.31. The molecule has 2 N–H and O–H groups in total. The Bertz CT molecular complexity index is 1030. The molecule has 7 nitrogen and oxygen atoms in total. The summed E-state index contributed by atoms with van der Waals surface area (Å²) in [6, 6.07) is 9.93. The van der Waals surface area contributed by atoms with Crippen LogP contribution < -0.4 is 10.5 Å². The number of nitrogens with two attached hydrogens (primary N) is 1. The summed E-state index contributed by atoms with van der Waals surface area (Å²) in [4.78, 5) is 19.4. The van der Waals surface area contributed by atoms with Crippen molar-refractivity contribution in [2.24, 2.45) is 5.73 Å². The first-order valence-corrected chi connectivity index (χ1v) is 10.0. The van der Waals surface area contributed by atoms with Crippen molar-refractivity contribution in [2.75, 3.05) is 26.7 Å². The Morgan fingerprint density at radius 2 is 2.21 bits per heavy atom. The van der Waals surface area contributed by atoms with Gasteiger partial charge in [0.15, 0.2) is 5.65 Å². The second-order valence-electron chi connectivity index (χ2n) is 7.59. The predicted molar refractivity (Wildman–Crippen MR) is 112 cm³/mol. The highest BCUT2D eigenvalue weighted by molar-refractivity contribution is 5.81. The van der Waals surface area contributed by atoms with E-state index in [9.17, 15) is 4.79 Å². The van der Waals surface area contributed by atoms with Crippen molar-refractivity contribution >= 4 is 16.9 Å². The molecule has 0 spiro atoms. The summed E-state index contributed by atoms with van der Waals surface area (Å²) >= 11 is 0. The molecule has 0 bridgehead atoms. The third-order valence-corrected chi connectivity index (χ3v) is 5.58. The van der Waals surface area contributed by atoms with Crippen LogP contribution in [-0.4, -0.2) is 52.3 Å². The van der Waals surface area contributed by atoms with Crippen molar-refractivity contribution in [3.63, 3.8) is 0 Å². The van der Waals surface area contributed by atoms with Crippen molar-refractivity contribution in [1.82, 2.24) is 19.7 Å². The van der Waals surface area contributed by atoms with Crippen LogP contribution in [0.3, 0.4) is 0 Å². The van der Waals surface area contributed by atoms with Gasteiger partial charge in [-0.05, 0) is 31.5 Å². The van der Waals surface area contributed by atoms with Gasteiger partial charge in [0.2, 0.25) is 5.91 Å². The summed E-state index contributed by atoms with van der Waals surface area (Å²) in [6.07, 6.45) is 3.03. The molecule has 1 atom stereocenters. The molecule has 0 aliphatic carbocycles. The van der Waals surface area contributed by atoms with E-state index in [-0.39, 0.29) is 11.8 Å². The zero-order valence-electron chi connectivity index (χ0n) is 17.0. The Hall–Kier alpha value is -2.93. The minimum atomic E-state index is 0.125. The molecule has 3 aromatic rings. The normalized spacial score (nSPS) is 16.5. The van der Waals surface area contributed by atoms with Gasteiger partial charge in [0.05, 0.1) is 25.8 Å². The van der Waals surface area contributed by atoms with Gasteiger partial charge in [-0.25, -0.2) is 9.67 Å². The van der Waals surface area contributed by atoms with Gasteiger partial charge in [-0.15, -0.1) is 0 Å². The molecule has 4 rings (SSSR count). The smallest absolute Gasteiger partial charge is 0.227 e. The molecule has 1 aliphatic heterocycles. The van der Waals surface area contributed by atoms with E-state index in [2.05, 4.69) is 11.1 Å². The van der Waals surface area contributed by atoms with E-state index in [1.165, 1.54) is 0 Å². The maximum atomic E-state index is 13.0. The number of aryl methyl sites for hydroxylation is 1. The summed E-state index contributed by atoms with van der Waals surface area (Å²) in [5, 5.41) is 5.85. The number of likely N-dealkylation sites (tertiary alicyclic amines) is 1. The number of aromatic nitrogens is 3. The van der Waals surface area contributed by atoms with Crippen molar-refractivity contribution in [2.45, 2.75) is 32.2 Å². The van der Waals surface area contributed by atoms with Gasteiger partial charge in [0.1, 0.15) is 5.75 Å². The Morgan fingerprint density at radius 3 is 3.00 bits per heavy atom. The Morgan fingerprint density at radius 1 is 1.34 bits per heavy atom. The standard InChI is InChI=1S/C22H27N5O2/c1-15-5-6-19(29-2)17(12-15)13-20(28)26-10-7-16(14-26)21-18-4-3-9-24-22(18)27(25-21)11-8-23/h3-6,9,12,16H,7-8,10-11,13-14,23H2,1-2H3/t16-/m0/s1. The van der Waals surface area contributed by atoms with Crippen molar-refractivity contribution in [3.05, 3.63) is 53.3 Å². The van der Waals surface area contributed by atoms with Crippen LogP contribution in [0.4, 0.5) is 0 Å². The lowest BCUT2D eigenvalue weighted by Gasteiger charge is -2.17. The van der Waals surface area contributed by atoms with Crippen LogP contribution in [0, 0.1) is 6.92 Å². The fourth-order valence-corrected chi connectivity index (χ4v) is 4.14. The Kier molecular flexibility index (Phi) is 5.49. The van der Waals surface area contributed by atoms with E-state index < -0.39 is 0 Å². The number of pyridine rings is 1. The molecule has 29 heavy (non-hydrogen) atoms. The van der Waals surface area contributed by atoms with Gasteiger partial charge in [-0.1, -0.05) is 17.7 Å². The van der Waals surface area contributed by atoms with Crippen LogP contribution in [0.25, 0.3) is 11.0 Å². The quantitative estimate of drug-likeness (QED) is 0.694. The number of fused-ring (bicyclic) bond motifs is 1. The average molecular weight is 393 g/mol. The minimum Gasteiger partial charge on any atom is -0.496 e. The number of hydrogen-bond donors (Lipinski definition) is 1. The lowest BCUT2D eigenvalue weighted by molar-refractivity contribution is -0.129. The van der Waals surface area contributed by atoms with Crippen molar-refractivity contribution in [3.8, 4) is 5.75 Å². The van der Waals surface area contributed by atoms with E-state index >= 15 is 0 Å². The van der Waals surface area contributed by atoms with Gasteiger partial charge < -0.3 is 15.4 Å². The number of methoxy groups -OCH3 is 1. The monoisotopic (exact) mass is 393 g/mol. The number of hydrogen-bond acceptors (Lipinski definition) is 5. The zero-order chi connectivity index (χ0) is 20.4. The fourth-order valence-electron chi connectivity index (χ4n) is 4.14. The van der Waals surface area contributed by atoms with Crippen LogP contribution in [0.1, 0.15) is 29.2 Å². The first-order valence-electron chi connectivity index (χ1n) is 10.0. The average Bonchev–Trinajstić information content (AvgIpc) is 3.34. The van der Waals surface area contributed by atoms with Gasteiger partial charge in [0, 0.05) is 42.7 Å². The number of rotatable bonds is 6. The second-order valence-corrected chi connectivity index (χ2v) is 7.59. The summed E-state index contributed by atoms with van der Waals surface area (Å²) in [5.41, 5.74) is 9.67. The van der Waals surface area contributed by atoms with Crippen LogP contribution >= 0.6 is 0 Å². The SMILES string of the molecule is COc1ccc(C)cc1CC(=O)N1CC[C@H](c2nn(CCN)c3ncccc23)C1. The number of nitrogens with zero attached hydrogens (tertiary/aromatic N) is 4. The van der Waals surface area contributed by atoms with E-state index in [0.717, 1.165) is 46.6 Å². The number of ether oxygens (including phenoxy) is 1. The number of amides is 1. The predicted octanol–water partition coefficient (Wildman–Crippen LogP) is 2.27. The van der Waals surface area contributed by atoms with E-state index in [1.54, 1.807) is 13.3 Å². The molecule has 1 aromatic carbocycles. The van der Waals surface area contributed by atoms with Crippen molar-refractivity contribution in [1.29, 1.82) is 0 Å². The molecule has 1 fully saturated rings. The molecule has 0 unspecified atom stereocenters. The second kappa shape index (κ2) is 8.21. The van der Waals surface area contributed by atoms with Crippen molar-refractivity contribution < 1.29 is 9.53 Å². The third-order valence-electron chi connectivity index (χ3n) is 5.58. The molecule has 7 heteroatoms. The van der Waals surface area contributed by atoms with E-state index in [0.29, 0.717) is 26.1 Å². The zero-order valence-corrected chi connectivity index (χ0v) is 17.0. The van der Waals surface area contributed by atoms with Gasteiger partial charge in [0.25, 0.3) is 0 Å². The molecule has 0 radical (unpaired) electrons. The van der Waals surface area contributed by atoms with Crippen LogP contribution in [0.5, 0.6) is 5.75 Å². The number of carbonyl (C=O) groups is 1. The minimum absolute atomic E-state index is 0.125. The summed E-state index contributed by atoms with van der Waals surface area (Å²) in [6.45, 7) is 4.59. The Balaban J connectivity index is 1.52. The number of benzene rings is 1. The largest absolute Gasteiger partial charge is 0.496 e. The van der Waals surface area contributed by atoms with Gasteiger partial charge >= 0.3 is 0 Å². The molecule has 2 aromatic heterocycles. The molecule has 1 aliphatic rings. The van der Waals surface area contributed by atoms with Gasteiger partial charge in [-0.2, -0.15) is 5.10 Å². The first kappa shape index (κ1) is 19.4. The molecule has 152 valence electrons. The molecular weight excluding hydrogens is 366 g/mol. The summed E-state index contributed by atoms with van der Waals surface area (Å²) < 4.78 is 7.31. The maximum absolute atomic E-state index is 13.0. The molecule has 1 amide bonds. The lowest BCUT2D eigenvalue weighted by Crippen LogP contribution is -2.30. The molecule has 0 saturated carbocycles. The molecular formula is C22H27N5O2.